The number of hydrogen-bond donors (Lipinski definition) is 1. The molecule has 0 saturated heterocycles. The quantitative estimate of drug-likeness (QED) is 0.277. The molecule has 34 heavy (non-hydrogen) atoms. The highest BCUT2D eigenvalue weighted by Crippen LogP contribution is 2.33. The minimum Gasteiger partial charge on any atom is -0.490 e. The summed E-state index contributed by atoms with van der Waals surface area (Å²) in [4.78, 5) is 17.6. The van der Waals surface area contributed by atoms with Crippen molar-refractivity contribution in [2.24, 2.45) is 5.16 Å². The number of amides is 1. The molecule has 0 fully saturated rings. The van der Waals surface area contributed by atoms with E-state index < -0.39 is 0 Å². The Morgan fingerprint density at radius 3 is 2.59 bits per heavy atom. The number of nitrogens with zero attached hydrogens (tertiary/aromatic N) is 2. The summed E-state index contributed by atoms with van der Waals surface area (Å²) in [6, 6.07) is 20.3. The Bertz CT molecular complexity index is 1200. The molecule has 8 heteroatoms. The van der Waals surface area contributed by atoms with Crippen LogP contribution in [-0.2, 0) is 16.2 Å². The van der Waals surface area contributed by atoms with E-state index in [-0.39, 0.29) is 19.1 Å². The maximum Gasteiger partial charge on any atom is 0.262 e. The van der Waals surface area contributed by atoms with E-state index in [1.165, 1.54) is 6.21 Å². The Labute approximate surface area is 207 Å². The maximum absolute atomic E-state index is 12.3. The molecule has 0 atom stereocenters. The number of nitriles is 1. The molecular weight excluding hydrogens is 498 g/mol. The largest absolute Gasteiger partial charge is 0.490 e. The zero-order chi connectivity index (χ0) is 24.3. The third-order valence-corrected chi connectivity index (χ3v) is 5.37. The Morgan fingerprint density at radius 1 is 1.12 bits per heavy atom. The normalized spacial score (nSPS) is 10.5. The Morgan fingerprint density at radius 2 is 1.85 bits per heavy atom. The van der Waals surface area contributed by atoms with Crippen LogP contribution < -0.4 is 14.8 Å². The molecular formula is C26H24BrN3O4. The molecule has 174 valence electrons. The van der Waals surface area contributed by atoms with Crippen molar-refractivity contribution in [1.82, 2.24) is 0 Å². The zero-order valence-corrected chi connectivity index (χ0v) is 20.5. The van der Waals surface area contributed by atoms with Crippen LogP contribution in [0.2, 0.25) is 0 Å². The first-order chi connectivity index (χ1) is 16.5. The van der Waals surface area contributed by atoms with Gasteiger partial charge in [-0.1, -0.05) is 41.1 Å². The van der Waals surface area contributed by atoms with E-state index in [1.807, 2.05) is 50.2 Å². The van der Waals surface area contributed by atoms with Gasteiger partial charge < -0.3 is 19.6 Å². The van der Waals surface area contributed by atoms with Crippen LogP contribution >= 0.6 is 15.9 Å². The molecule has 0 aliphatic carbocycles. The highest BCUT2D eigenvalue weighted by Gasteiger charge is 2.12. The van der Waals surface area contributed by atoms with Gasteiger partial charge in [-0.25, -0.2) is 0 Å². The molecule has 1 amide bonds. The minimum absolute atomic E-state index is 0.171. The van der Waals surface area contributed by atoms with Gasteiger partial charge in [-0.15, -0.1) is 0 Å². The van der Waals surface area contributed by atoms with Crippen LogP contribution in [0.15, 0.2) is 70.3 Å². The molecule has 3 rings (SSSR count). The highest BCUT2D eigenvalue weighted by atomic mass is 79.9. The molecule has 0 aliphatic rings. The number of benzene rings is 3. The highest BCUT2D eigenvalue weighted by molar-refractivity contribution is 9.10. The Kier molecular flexibility index (Phi) is 9.06. The first-order valence-electron chi connectivity index (χ1n) is 10.6. The second-order valence-electron chi connectivity index (χ2n) is 7.23. The second kappa shape index (κ2) is 12.4. The summed E-state index contributed by atoms with van der Waals surface area (Å²) in [5.74, 6) is 0.623. The number of ether oxygens (including phenoxy) is 2. The smallest absolute Gasteiger partial charge is 0.262 e. The Balaban J connectivity index is 1.63. The van der Waals surface area contributed by atoms with E-state index in [1.54, 1.807) is 24.3 Å². The molecule has 3 aromatic carbocycles. The van der Waals surface area contributed by atoms with Gasteiger partial charge in [0.1, 0.15) is 6.61 Å². The molecule has 0 aliphatic heterocycles. The third kappa shape index (κ3) is 7.09. The van der Waals surface area contributed by atoms with E-state index in [2.05, 4.69) is 32.5 Å². The van der Waals surface area contributed by atoms with Crippen LogP contribution in [0.5, 0.6) is 11.5 Å². The number of carbonyl (C=O) groups is 1. The molecule has 0 heterocycles. The molecule has 0 aromatic heterocycles. The van der Waals surface area contributed by atoms with Gasteiger partial charge in [0.2, 0.25) is 0 Å². The van der Waals surface area contributed by atoms with Gasteiger partial charge in [-0.2, -0.15) is 5.26 Å². The lowest BCUT2D eigenvalue weighted by Crippen LogP contribution is -2.20. The van der Waals surface area contributed by atoms with Crippen molar-refractivity contribution in [3.05, 3.63) is 87.4 Å². The fraction of sp³-hybridized carbons (Fsp3) is 0.192. The average Bonchev–Trinajstić information content (AvgIpc) is 2.84. The number of carbonyl (C=O) groups excluding carboxylic acids is 1. The van der Waals surface area contributed by atoms with Gasteiger partial charge >= 0.3 is 0 Å². The van der Waals surface area contributed by atoms with Crippen LogP contribution in [0.25, 0.3) is 0 Å². The van der Waals surface area contributed by atoms with Gasteiger partial charge in [0.25, 0.3) is 5.91 Å². The van der Waals surface area contributed by atoms with Crippen molar-refractivity contribution in [2.75, 3.05) is 18.5 Å². The van der Waals surface area contributed by atoms with Crippen molar-refractivity contribution in [2.45, 2.75) is 20.5 Å². The molecule has 1 N–H and O–H groups in total. The second-order valence-corrected chi connectivity index (χ2v) is 8.09. The van der Waals surface area contributed by atoms with Gasteiger partial charge in [0.05, 0.1) is 24.5 Å². The number of halogens is 1. The SMILES string of the molecule is CCOc1cc(/C=N\OCc2ccccc2C#N)c(Br)cc1OCC(=O)Nc1ccc(C)cc1. The van der Waals surface area contributed by atoms with Crippen molar-refractivity contribution in [3.8, 4) is 17.6 Å². The Hall–Kier alpha value is -3.83. The fourth-order valence-corrected chi connectivity index (χ4v) is 3.39. The van der Waals surface area contributed by atoms with Crippen LogP contribution in [0.3, 0.4) is 0 Å². The van der Waals surface area contributed by atoms with E-state index >= 15 is 0 Å². The van der Waals surface area contributed by atoms with Crippen molar-refractivity contribution in [1.29, 1.82) is 5.26 Å². The topological polar surface area (TPSA) is 92.9 Å². The summed E-state index contributed by atoms with van der Waals surface area (Å²) in [5, 5.41) is 16.0. The number of anilines is 1. The summed E-state index contributed by atoms with van der Waals surface area (Å²) < 4.78 is 12.1. The van der Waals surface area contributed by atoms with E-state index in [0.717, 1.165) is 11.1 Å². The number of rotatable bonds is 10. The summed E-state index contributed by atoms with van der Waals surface area (Å²) >= 11 is 3.49. The molecule has 0 spiro atoms. The number of nitrogens with one attached hydrogen (secondary N) is 1. The predicted octanol–water partition coefficient (Wildman–Crippen LogP) is 5.60. The molecule has 0 saturated carbocycles. The average molecular weight is 522 g/mol. The number of oxime groups is 1. The third-order valence-electron chi connectivity index (χ3n) is 4.68. The van der Waals surface area contributed by atoms with E-state index in [9.17, 15) is 4.79 Å². The summed E-state index contributed by atoms with van der Waals surface area (Å²) in [6.45, 7) is 4.27. The lowest BCUT2D eigenvalue weighted by Gasteiger charge is -2.14. The first kappa shape index (κ1) is 24.8. The summed E-state index contributed by atoms with van der Waals surface area (Å²) in [5.41, 5.74) is 3.82. The predicted molar refractivity (Wildman–Crippen MR) is 134 cm³/mol. The van der Waals surface area contributed by atoms with Crippen molar-refractivity contribution < 1.29 is 19.1 Å². The van der Waals surface area contributed by atoms with Crippen molar-refractivity contribution in [3.63, 3.8) is 0 Å². The van der Waals surface area contributed by atoms with E-state index in [0.29, 0.717) is 39.4 Å². The molecule has 7 nitrogen and oxygen atoms in total. The van der Waals surface area contributed by atoms with Crippen LogP contribution in [0.4, 0.5) is 5.69 Å². The maximum atomic E-state index is 12.3. The monoisotopic (exact) mass is 521 g/mol. The van der Waals surface area contributed by atoms with Crippen LogP contribution in [-0.4, -0.2) is 25.3 Å². The van der Waals surface area contributed by atoms with Crippen molar-refractivity contribution >= 4 is 33.7 Å². The number of aryl methyl sites for hydroxylation is 1. The van der Waals surface area contributed by atoms with Crippen LogP contribution in [0.1, 0.15) is 29.2 Å². The van der Waals surface area contributed by atoms with Gasteiger partial charge in [-0.3, -0.25) is 4.79 Å². The van der Waals surface area contributed by atoms with Gasteiger partial charge in [0.15, 0.2) is 18.1 Å². The lowest BCUT2D eigenvalue weighted by atomic mass is 10.1. The molecule has 0 bridgehead atoms. The zero-order valence-electron chi connectivity index (χ0n) is 18.9. The molecule has 3 aromatic rings. The first-order valence-corrected chi connectivity index (χ1v) is 11.4. The van der Waals surface area contributed by atoms with Gasteiger partial charge in [0, 0.05) is 21.3 Å². The summed E-state index contributed by atoms with van der Waals surface area (Å²) in [7, 11) is 0. The standard InChI is InChI=1S/C26H24BrN3O4/c1-3-32-24-12-21(15-29-34-16-20-7-5-4-6-19(20)14-28)23(27)13-25(24)33-17-26(31)30-22-10-8-18(2)9-11-22/h4-13,15H,3,16-17H2,1-2H3,(H,30,31)/b29-15-. The lowest BCUT2D eigenvalue weighted by molar-refractivity contribution is -0.118. The van der Waals surface area contributed by atoms with Gasteiger partial charge in [-0.05, 0) is 60.1 Å². The summed E-state index contributed by atoms with van der Waals surface area (Å²) in [6.07, 6.45) is 1.54. The molecule has 0 radical (unpaired) electrons. The van der Waals surface area contributed by atoms with Crippen LogP contribution in [0, 0.1) is 18.3 Å². The number of hydrogen-bond acceptors (Lipinski definition) is 6. The minimum atomic E-state index is -0.279. The van der Waals surface area contributed by atoms with E-state index in [4.69, 9.17) is 19.6 Å². The molecule has 0 unspecified atom stereocenters. The fourth-order valence-electron chi connectivity index (χ4n) is 2.96.